The number of hydrogen-bond donors (Lipinski definition) is 1. The topological polar surface area (TPSA) is 32.3 Å². The van der Waals surface area contributed by atoms with Crippen LogP contribution in [0, 0.1) is 12.3 Å². The molecule has 3 nitrogen and oxygen atoms in total. The van der Waals surface area contributed by atoms with Crippen molar-refractivity contribution in [3.63, 3.8) is 0 Å². The molecule has 1 aromatic rings. The lowest BCUT2D eigenvalue weighted by molar-refractivity contribution is -0.129. The van der Waals surface area contributed by atoms with E-state index in [-0.39, 0.29) is 12.1 Å². The Morgan fingerprint density at radius 3 is 2.71 bits per heavy atom. The van der Waals surface area contributed by atoms with Crippen molar-refractivity contribution in [2.45, 2.75) is 39.4 Å². The highest BCUT2D eigenvalue weighted by Gasteiger charge is 2.54. The van der Waals surface area contributed by atoms with E-state index in [1.165, 1.54) is 9.75 Å². The van der Waals surface area contributed by atoms with Crippen LogP contribution in [0.25, 0.3) is 0 Å². The molecule has 1 N–H and O–H groups in total. The van der Waals surface area contributed by atoms with Crippen molar-refractivity contribution < 1.29 is 4.79 Å². The minimum atomic E-state index is 0.105. The lowest BCUT2D eigenvalue weighted by atomic mass is 10.1. The van der Waals surface area contributed by atoms with Crippen LogP contribution in [-0.2, 0) is 4.79 Å². The Kier molecular flexibility index (Phi) is 2.35. The molecule has 92 valence electrons. The molecule has 0 aromatic carbocycles. The zero-order valence-electron chi connectivity index (χ0n) is 10.5. The fourth-order valence-corrected chi connectivity index (χ4v) is 3.58. The number of aryl methyl sites for hydroxylation is 1. The van der Waals surface area contributed by atoms with E-state index in [0.29, 0.717) is 18.0 Å². The van der Waals surface area contributed by atoms with Crippen molar-refractivity contribution in [2.75, 3.05) is 6.54 Å². The van der Waals surface area contributed by atoms with E-state index in [1.807, 2.05) is 0 Å². The molecular formula is C13H18N2OS. The second kappa shape index (κ2) is 3.56. The van der Waals surface area contributed by atoms with Crippen LogP contribution >= 0.6 is 11.3 Å². The highest BCUT2D eigenvalue weighted by Crippen LogP contribution is 2.51. The van der Waals surface area contributed by atoms with E-state index in [9.17, 15) is 4.79 Å². The first-order valence-electron chi connectivity index (χ1n) is 6.10. The molecule has 0 spiro atoms. The van der Waals surface area contributed by atoms with Crippen molar-refractivity contribution in [1.29, 1.82) is 0 Å². The molecule has 2 fully saturated rings. The summed E-state index contributed by atoms with van der Waals surface area (Å²) in [6.07, 6.45) is 1.23. The molecule has 4 heteroatoms. The number of thiophene rings is 1. The summed E-state index contributed by atoms with van der Waals surface area (Å²) in [7, 11) is 0. The maximum Gasteiger partial charge on any atom is 0.238 e. The first-order valence-corrected chi connectivity index (χ1v) is 6.91. The van der Waals surface area contributed by atoms with E-state index in [1.54, 1.807) is 11.3 Å². The molecule has 1 aromatic heterocycles. The number of carbonyl (C=O) groups excluding carboxylic acids is 1. The number of amides is 1. The van der Waals surface area contributed by atoms with Crippen LogP contribution in [-0.4, -0.2) is 23.4 Å². The van der Waals surface area contributed by atoms with Gasteiger partial charge in [0.25, 0.3) is 0 Å². The van der Waals surface area contributed by atoms with E-state index in [4.69, 9.17) is 0 Å². The summed E-state index contributed by atoms with van der Waals surface area (Å²) in [4.78, 5) is 16.6. The van der Waals surface area contributed by atoms with Gasteiger partial charge in [-0.15, -0.1) is 11.3 Å². The van der Waals surface area contributed by atoms with Crippen LogP contribution in [0.5, 0.6) is 0 Å². The number of nitrogens with one attached hydrogen (secondary N) is 1. The number of hydrogen-bond acceptors (Lipinski definition) is 3. The predicted molar refractivity (Wildman–Crippen MR) is 68.8 cm³/mol. The SMILES string of the molecule is Cc1ccc(C2NCC(=O)N2C2CC2(C)C)s1. The van der Waals surface area contributed by atoms with Crippen molar-refractivity contribution >= 4 is 17.2 Å². The van der Waals surface area contributed by atoms with E-state index >= 15 is 0 Å². The molecule has 1 saturated carbocycles. The normalized spacial score (nSPS) is 31.0. The lowest BCUT2D eigenvalue weighted by Gasteiger charge is -2.25. The van der Waals surface area contributed by atoms with Crippen molar-refractivity contribution in [2.24, 2.45) is 5.41 Å². The number of rotatable bonds is 2. The summed E-state index contributed by atoms with van der Waals surface area (Å²) in [6.45, 7) is 7.06. The highest BCUT2D eigenvalue weighted by molar-refractivity contribution is 7.12. The third-order valence-corrected chi connectivity index (χ3v) is 4.89. The van der Waals surface area contributed by atoms with Gasteiger partial charge in [0.05, 0.1) is 6.54 Å². The number of nitrogens with zero attached hydrogens (tertiary/aromatic N) is 1. The minimum absolute atomic E-state index is 0.105. The Morgan fingerprint density at radius 1 is 1.47 bits per heavy atom. The van der Waals surface area contributed by atoms with Gasteiger partial charge in [0.15, 0.2) is 0 Å². The van der Waals surface area contributed by atoms with Gasteiger partial charge in [0.2, 0.25) is 5.91 Å². The van der Waals surface area contributed by atoms with Crippen LogP contribution in [0.4, 0.5) is 0 Å². The monoisotopic (exact) mass is 250 g/mol. The largest absolute Gasteiger partial charge is 0.317 e. The second-order valence-electron chi connectivity index (χ2n) is 5.74. The molecule has 1 aliphatic heterocycles. The fraction of sp³-hybridized carbons (Fsp3) is 0.615. The van der Waals surface area contributed by atoms with Crippen molar-refractivity contribution in [3.05, 3.63) is 21.9 Å². The maximum atomic E-state index is 12.0. The summed E-state index contributed by atoms with van der Waals surface area (Å²) in [6, 6.07) is 4.68. The van der Waals surface area contributed by atoms with Crippen LogP contribution < -0.4 is 5.32 Å². The summed E-state index contributed by atoms with van der Waals surface area (Å²) in [5.41, 5.74) is 0.298. The van der Waals surface area contributed by atoms with Gasteiger partial charge in [-0.25, -0.2) is 0 Å². The molecular weight excluding hydrogens is 232 g/mol. The van der Waals surface area contributed by atoms with Crippen molar-refractivity contribution in [1.82, 2.24) is 10.2 Å². The van der Waals surface area contributed by atoms with Crippen LogP contribution in [0.1, 0.15) is 36.2 Å². The Morgan fingerprint density at radius 2 is 2.18 bits per heavy atom. The summed E-state index contributed by atoms with van der Waals surface area (Å²) >= 11 is 1.78. The Labute approximate surface area is 106 Å². The molecule has 1 amide bonds. The van der Waals surface area contributed by atoms with Crippen LogP contribution in [0.3, 0.4) is 0 Å². The smallest absolute Gasteiger partial charge is 0.238 e. The summed E-state index contributed by atoms with van der Waals surface area (Å²) in [5.74, 6) is 0.247. The van der Waals surface area contributed by atoms with Gasteiger partial charge >= 0.3 is 0 Å². The van der Waals surface area contributed by atoms with Gasteiger partial charge in [-0.1, -0.05) is 13.8 Å². The molecule has 2 unspecified atom stereocenters. The Balaban J connectivity index is 1.87. The predicted octanol–water partition coefficient (Wildman–Crippen LogP) is 2.29. The van der Waals surface area contributed by atoms with Gasteiger partial charge < -0.3 is 4.90 Å². The van der Waals surface area contributed by atoms with Crippen LogP contribution in [0.2, 0.25) is 0 Å². The maximum absolute atomic E-state index is 12.0. The molecule has 2 aliphatic rings. The standard InChI is InChI=1S/C13H18N2OS/c1-8-4-5-9(17-8)12-14-7-11(16)15(12)10-6-13(10,2)3/h4-5,10,12,14H,6-7H2,1-3H3. The van der Waals surface area contributed by atoms with Gasteiger partial charge in [0, 0.05) is 15.8 Å². The molecule has 0 bridgehead atoms. The van der Waals surface area contributed by atoms with Gasteiger partial charge in [0.1, 0.15) is 6.17 Å². The van der Waals surface area contributed by atoms with Gasteiger partial charge in [-0.3, -0.25) is 10.1 Å². The second-order valence-corrected chi connectivity index (χ2v) is 7.06. The molecule has 17 heavy (non-hydrogen) atoms. The van der Waals surface area contributed by atoms with Gasteiger partial charge in [-0.2, -0.15) is 0 Å². The zero-order valence-corrected chi connectivity index (χ0v) is 11.3. The first-order chi connectivity index (χ1) is 7.99. The van der Waals surface area contributed by atoms with E-state index < -0.39 is 0 Å². The Hall–Kier alpha value is -0.870. The lowest BCUT2D eigenvalue weighted by Crippen LogP contribution is -2.34. The summed E-state index contributed by atoms with van der Waals surface area (Å²) in [5, 5.41) is 3.33. The van der Waals surface area contributed by atoms with E-state index in [0.717, 1.165) is 6.42 Å². The Bertz CT molecular complexity index is 466. The van der Waals surface area contributed by atoms with Crippen molar-refractivity contribution in [3.8, 4) is 0 Å². The van der Waals surface area contributed by atoms with Gasteiger partial charge in [-0.05, 0) is 30.9 Å². The molecule has 1 saturated heterocycles. The molecule has 3 rings (SSSR count). The average molecular weight is 250 g/mol. The molecule has 0 radical (unpaired) electrons. The molecule has 2 atom stereocenters. The quantitative estimate of drug-likeness (QED) is 0.873. The minimum Gasteiger partial charge on any atom is -0.317 e. The third kappa shape index (κ3) is 1.79. The fourth-order valence-electron chi connectivity index (χ4n) is 2.62. The molecule has 1 aliphatic carbocycles. The van der Waals surface area contributed by atoms with Crippen LogP contribution in [0.15, 0.2) is 12.1 Å². The first kappa shape index (κ1) is 11.2. The average Bonchev–Trinajstić information content (AvgIpc) is 2.66. The zero-order chi connectivity index (χ0) is 12.2. The molecule has 2 heterocycles. The number of carbonyl (C=O) groups is 1. The summed E-state index contributed by atoms with van der Waals surface area (Å²) < 4.78 is 0. The third-order valence-electron chi connectivity index (χ3n) is 3.84. The van der Waals surface area contributed by atoms with E-state index in [2.05, 4.69) is 43.1 Å². The highest BCUT2D eigenvalue weighted by atomic mass is 32.1.